The van der Waals surface area contributed by atoms with Crippen LogP contribution < -0.4 is 14.4 Å². The highest BCUT2D eigenvalue weighted by molar-refractivity contribution is 9.09. The molecule has 3 fully saturated rings. The predicted molar refractivity (Wildman–Crippen MR) is 194 cm³/mol. The van der Waals surface area contributed by atoms with Gasteiger partial charge in [0.2, 0.25) is 11.8 Å². The summed E-state index contributed by atoms with van der Waals surface area (Å²) in [4.78, 5) is 54.6. The number of anilines is 1. The van der Waals surface area contributed by atoms with Gasteiger partial charge in [-0.25, -0.2) is 0 Å². The quantitative estimate of drug-likeness (QED) is 0.0923. The summed E-state index contributed by atoms with van der Waals surface area (Å²) < 4.78 is 10.8. The first-order chi connectivity index (χ1) is 23.9. The van der Waals surface area contributed by atoms with E-state index < -0.39 is 51.1 Å². The molecule has 1 N–H and O–H groups in total. The maximum absolute atomic E-state index is 14.4. The molecule has 7 rings (SSSR count). The van der Waals surface area contributed by atoms with Gasteiger partial charge in [0.1, 0.15) is 17.2 Å². The van der Waals surface area contributed by atoms with E-state index in [9.17, 15) is 24.3 Å². The second-order valence-electron chi connectivity index (χ2n) is 13.1. The Morgan fingerprint density at radius 2 is 1.66 bits per heavy atom. The van der Waals surface area contributed by atoms with Crippen molar-refractivity contribution in [2.75, 3.05) is 24.6 Å². The zero-order valence-electron chi connectivity index (χ0n) is 27.4. The number of rotatable bonds is 7. The van der Waals surface area contributed by atoms with Crippen molar-refractivity contribution in [1.29, 1.82) is 0 Å². The lowest BCUT2D eigenvalue weighted by Crippen LogP contribution is -2.60. The molecule has 2 saturated heterocycles. The highest BCUT2D eigenvalue weighted by Crippen LogP contribution is 2.65. The second kappa shape index (κ2) is 12.6. The van der Waals surface area contributed by atoms with Crippen LogP contribution in [0.2, 0.25) is 0 Å². The molecule has 3 aromatic carbocycles. The number of aromatic hydroxyl groups is 1. The molecule has 0 aromatic heterocycles. The molecule has 258 valence electrons. The molecular weight excluding hydrogens is 747 g/mol. The van der Waals surface area contributed by atoms with E-state index >= 15 is 0 Å². The van der Waals surface area contributed by atoms with Gasteiger partial charge in [0.05, 0.1) is 37.2 Å². The van der Waals surface area contributed by atoms with Crippen LogP contribution in [0.4, 0.5) is 5.69 Å². The van der Waals surface area contributed by atoms with Crippen LogP contribution in [0.3, 0.4) is 0 Å². The molecule has 2 heterocycles. The van der Waals surface area contributed by atoms with Gasteiger partial charge >= 0.3 is 0 Å². The van der Waals surface area contributed by atoms with E-state index in [4.69, 9.17) is 32.7 Å². The molecule has 9 nitrogen and oxygen atoms in total. The molecule has 4 amide bonds. The maximum Gasteiger partial charge on any atom is 0.254 e. The molecule has 50 heavy (non-hydrogen) atoms. The van der Waals surface area contributed by atoms with Gasteiger partial charge in [0.15, 0.2) is 9.75 Å². The number of aryl methyl sites for hydroxylation is 1. The number of alkyl halides is 3. The number of nitrogens with zero attached hydrogens (tertiary/aromatic N) is 2. The van der Waals surface area contributed by atoms with Gasteiger partial charge in [-0.15, -0.1) is 23.2 Å². The standard InChI is InChI=1S/C38H33BrCl2N2O7/c1-20-16-23(8-14-29(20)44)32-26-12-13-27-31(28(26)18-37(40)35(47)42(19-39)36(48)38(32,37)41)34(46)43(33(27)45)24-9-5-21(6-10-24)4-7-22-17-25(49-2)11-15-30(22)50-3/h4-12,14-17,27-28,31-32,44H,13,18-19H2,1-3H3. The normalized spacial score (nSPS) is 28.9. The van der Waals surface area contributed by atoms with Gasteiger partial charge in [-0.2, -0.15) is 0 Å². The SMILES string of the molecule is COc1ccc(OC)c(C=Cc2ccc(N3C(=O)C4CC=C5C(CC6(Cl)C(=O)N(CBr)C(=O)C6(Cl)C5c5ccc(O)c(C)c5)C4C3=O)cc2)c1. The summed E-state index contributed by atoms with van der Waals surface area (Å²) in [6.45, 7) is 1.72. The van der Waals surface area contributed by atoms with Crippen molar-refractivity contribution in [1.82, 2.24) is 4.90 Å². The van der Waals surface area contributed by atoms with Crippen molar-refractivity contribution in [2.24, 2.45) is 17.8 Å². The molecule has 3 aromatic rings. The summed E-state index contributed by atoms with van der Waals surface area (Å²) in [5.74, 6) is -3.62. The number of carbonyl (C=O) groups excluding carboxylic acids is 4. The van der Waals surface area contributed by atoms with Gasteiger partial charge < -0.3 is 14.6 Å². The van der Waals surface area contributed by atoms with Crippen LogP contribution in [-0.4, -0.2) is 63.1 Å². The van der Waals surface area contributed by atoms with E-state index in [1.807, 2.05) is 48.6 Å². The van der Waals surface area contributed by atoms with E-state index in [0.717, 1.165) is 16.0 Å². The van der Waals surface area contributed by atoms with E-state index in [-0.39, 0.29) is 30.0 Å². The molecule has 12 heteroatoms. The molecule has 6 atom stereocenters. The second-order valence-corrected chi connectivity index (χ2v) is 14.8. The zero-order chi connectivity index (χ0) is 35.7. The Hall–Kier alpha value is -4.12. The molecule has 1 saturated carbocycles. The lowest BCUT2D eigenvalue weighted by molar-refractivity contribution is -0.138. The van der Waals surface area contributed by atoms with Gasteiger partial charge in [0, 0.05) is 11.5 Å². The minimum absolute atomic E-state index is 0.0595. The minimum Gasteiger partial charge on any atom is -0.508 e. The van der Waals surface area contributed by atoms with Crippen molar-refractivity contribution < 1.29 is 33.8 Å². The number of fused-ring (bicyclic) bond motifs is 4. The van der Waals surface area contributed by atoms with Crippen molar-refractivity contribution in [3.63, 3.8) is 0 Å². The summed E-state index contributed by atoms with van der Waals surface area (Å²) >= 11 is 17.8. The third-order valence-corrected chi connectivity index (χ3v) is 12.5. The third-order valence-electron chi connectivity index (χ3n) is 10.6. The molecule has 2 aliphatic carbocycles. The van der Waals surface area contributed by atoms with Gasteiger partial charge in [-0.1, -0.05) is 64.0 Å². The average Bonchev–Trinajstić information content (AvgIpc) is 3.45. The number of phenolic OH excluding ortho intramolecular Hbond substituents is 1. The summed E-state index contributed by atoms with van der Waals surface area (Å²) in [6.07, 6.45) is 5.83. The van der Waals surface area contributed by atoms with E-state index in [1.54, 1.807) is 45.4 Å². The summed E-state index contributed by atoms with van der Waals surface area (Å²) in [6, 6.07) is 17.5. The zero-order valence-corrected chi connectivity index (χ0v) is 30.5. The van der Waals surface area contributed by atoms with Crippen molar-refractivity contribution in [3.05, 3.63) is 94.6 Å². The maximum atomic E-state index is 14.4. The molecule has 6 unspecified atom stereocenters. The number of ether oxygens (including phenoxy) is 2. The smallest absolute Gasteiger partial charge is 0.254 e. The predicted octanol–water partition coefficient (Wildman–Crippen LogP) is 6.80. The average molecular weight is 780 g/mol. The number of likely N-dealkylation sites (tertiary alicyclic amines) is 1. The largest absolute Gasteiger partial charge is 0.508 e. The van der Waals surface area contributed by atoms with E-state index in [2.05, 4.69) is 15.9 Å². The number of amides is 4. The topological polar surface area (TPSA) is 113 Å². The van der Waals surface area contributed by atoms with Crippen LogP contribution in [-0.2, 0) is 19.2 Å². The van der Waals surface area contributed by atoms with Crippen LogP contribution in [0.1, 0.15) is 41.0 Å². The number of carbonyl (C=O) groups is 4. The van der Waals surface area contributed by atoms with Crippen LogP contribution in [0.25, 0.3) is 12.2 Å². The first-order valence-corrected chi connectivity index (χ1v) is 17.9. The van der Waals surface area contributed by atoms with Crippen LogP contribution >= 0.6 is 39.1 Å². The molecule has 0 spiro atoms. The fourth-order valence-electron chi connectivity index (χ4n) is 8.13. The fraction of sp³-hybridized carbons (Fsp3) is 0.316. The first kappa shape index (κ1) is 34.3. The number of phenols is 1. The summed E-state index contributed by atoms with van der Waals surface area (Å²) in [5.41, 5.74) is 3.80. The molecule has 2 aliphatic heterocycles. The highest BCUT2D eigenvalue weighted by atomic mass is 79.9. The Labute approximate surface area is 307 Å². The molecule has 4 aliphatic rings. The molecule has 0 radical (unpaired) electrons. The van der Waals surface area contributed by atoms with Crippen molar-refractivity contribution in [3.8, 4) is 17.2 Å². The summed E-state index contributed by atoms with van der Waals surface area (Å²) in [7, 11) is 3.19. The van der Waals surface area contributed by atoms with Crippen molar-refractivity contribution >= 4 is 80.6 Å². The van der Waals surface area contributed by atoms with Gasteiger partial charge in [-0.3, -0.25) is 29.0 Å². The fourth-order valence-corrected chi connectivity index (χ4v) is 9.56. The number of imide groups is 2. The lowest BCUT2D eigenvalue weighted by Gasteiger charge is -2.50. The Balaban J connectivity index is 1.23. The number of allylic oxidation sites excluding steroid dienone is 2. The van der Waals surface area contributed by atoms with Crippen molar-refractivity contribution in [2.45, 2.75) is 35.4 Å². The van der Waals surface area contributed by atoms with E-state index in [0.29, 0.717) is 33.9 Å². The Morgan fingerprint density at radius 1 is 0.920 bits per heavy atom. The Morgan fingerprint density at radius 3 is 2.32 bits per heavy atom. The van der Waals surface area contributed by atoms with Crippen LogP contribution in [0, 0.1) is 24.7 Å². The van der Waals surface area contributed by atoms with E-state index in [1.165, 1.54) is 11.0 Å². The number of hydrogen-bond donors (Lipinski definition) is 1. The molecule has 0 bridgehead atoms. The number of hydrogen-bond acceptors (Lipinski definition) is 7. The van der Waals surface area contributed by atoms with Crippen LogP contribution in [0.5, 0.6) is 17.2 Å². The number of halogens is 3. The van der Waals surface area contributed by atoms with Gasteiger partial charge in [0.25, 0.3) is 11.8 Å². The monoisotopic (exact) mass is 778 g/mol. The Bertz CT molecular complexity index is 2020. The first-order valence-electron chi connectivity index (χ1n) is 16.1. The summed E-state index contributed by atoms with van der Waals surface area (Å²) in [5, 5.41) is 10.3. The Kier molecular flexibility index (Phi) is 8.64. The highest BCUT2D eigenvalue weighted by Gasteiger charge is 2.76. The van der Waals surface area contributed by atoms with Crippen LogP contribution in [0.15, 0.2) is 72.3 Å². The van der Waals surface area contributed by atoms with Gasteiger partial charge in [-0.05, 0) is 78.8 Å². The lowest BCUT2D eigenvalue weighted by atomic mass is 9.56. The minimum atomic E-state index is -1.90. The molecular formula is C38H33BrCl2N2O7. The number of methoxy groups -OCH3 is 2. The third kappa shape index (κ3) is 4.93. The number of benzene rings is 3.